The Morgan fingerprint density at radius 2 is 1.67 bits per heavy atom. The fourth-order valence-electron chi connectivity index (χ4n) is 2.07. The first-order valence-electron chi connectivity index (χ1n) is 6.73. The van der Waals surface area contributed by atoms with Gasteiger partial charge in [-0.25, -0.2) is 8.42 Å². The average Bonchev–Trinajstić information content (AvgIpc) is 2.47. The molecule has 5 heteroatoms. The zero-order valence-corrected chi connectivity index (χ0v) is 13.1. The Labute approximate surface area is 126 Å². The molecule has 0 aliphatic rings. The van der Waals surface area contributed by atoms with E-state index in [-0.39, 0.29) is 5.75 Å². The quantitative estimate of drug-likeness (QED) is 0.922. The zero-order valence-electron chi connectivity index (χ0n) is 12.3. The molecule has 2 aromatic carbocycles. The molecule has 0 saturated carbocycles. The molecule has 0 aromatic heterocycles. The van der Waals surface area contributed by atoms with Crippen molar-refractivity contribution < 1.29 is 8.42 Å². The van der Waals surface area contributed by atoms with E-state index in [0.29, 0.717) is 12.2 Å². The molecule has 0 spiro atoms. The third kappa shape index (κ3) is 3.83. The summed E-state index contributed by atoms with van der Waals surface area (Å²) < 4.78 is 26.3. The summed E-state index contributed by atoms with van der Waals surface area (Å²) in [4.78, 5) is 0. The van der Waals surface area contributed by atoms with Gasteiger partial charge in [-0.15, -0.1) is 0 Å². The van der Waals surface area contributed by atoms with Crippen LogP contribution < -0.4 is 10.0 Å². The van der Waals surface area contributed by atoms with Crippen LogP contribution in [0.4, 0.5) is 5.69 Å². The average molecular weight is 304 g/mol. The van der Waals surface area contributed by atoms with Crippen molar-refractivity contribution in [2.45, 2.75) is 19.2 Å². The number of hydrogen-bond acceptors (Lipinski definition) is 3. The Bertz CT molecular complexity index is 709. The van der Waals surface area contributed by atoms with Crippen LogP contribution in [0.25, 0.3) is 0 Å². The minimum atomic E-state index is -3.41. The van der Waals surface area contributed by atoms with Crippen molar-refractivity contribution in [1.82, 2.24) is 0 Å². The summed E-state index contributed by atoms with van der Waals surface area (Å²) >= 11 is 0. The normalized spacial score (nSPS) is 11.4. The van der Waals surface area contributed by atoms with Crippen LogP contribution in [0.1, 0.15) is 16.7 Å². The number of rotatable bonds is 5. The minimum Gasteiger partial charge on any atom is -0.326 e. The highest BCUT2D eigenvalue weighted by Gasteiger charge is 2.19. The lowest BCUT2D eigenvalue weighted by Crippen LogP contribution is -2.27. The first-order chi connectivity index (χ1) is 9.92. The van der Waals surface area contributed by atoms with E-state index >= 15 is 0 Å². The molecule has 2 N–H and O–H groups in total. The molecule has 0 aliphatic heterocycles. The smallest absolute Gasteiger partial charge is 0.239 e. The standard InChI is InChI=1S/C16H20N2O2S/c1-13-6-8-16(9-7-13)18(2)21(19,20)12-15-5-3-4-14(10-15)11-17/h3-10H,11-12,17H2,1-2H3. The molecule has 0 heterocycles. The second-order valence-electron chi connectivity index (χ2n) is 5.08. The maximum atomic E-state index is 12.5. The number of anilines is 1. The van der Waals surface area contributed by atoms with Gasteiger partial charge in [0.1, 0.15) is 0 Å². The fourth-order valence-corrected chi connectivity index (χ4v) is 3.31. The third-order valence-electron chi connectivity index (χ3n) is 3.39. The maximum absolute atomic E-state index is 12.5. The molecule has 21 heavy (non-hydrogen) atoms. The minimum absolute atomic E-state index is 0.0365. The van der Waals surface area contributed by atoms with E-state index in [9.17, 15) is 8.42 Å². The molecular formula is C16H20N2O2S. The van der Waals surface area contributed by atoms with Crippen LogP contribution in [0.2, 0.25) is 0 Å². The van der Waals surface area contributed by atoms with E-state index in [0.717, 1.165) is 16.7 Å². The van der Waals surface area contributed by atoms with E-state index in [1.807, 2.05) is 49.4 Å². The van der Waals surface area contributed by atoms with Gasteiger partial charge in [0.25, 0.3) is 0 Å². The van der Waals surface area contributed by atoms with E-state index in [1.165, 1.54) is 4.31 Å². The summed E-state index contributed by atoms with van der Waals surface area (Å²) in [6.45, 7) is 2.37. The van der Waals surface area contributed by atoms with Crippen molar-refractivity contribution in [2.24, 2.45) is 5.73 Å². The number of nitrogens with two attached hydrogens (primary N) is 1. The van der Waals surface area contributed by atoms with Gasteiger partial charge in [-0.05, 0) is 30.2 Å². The van der Waals surface area contributed by atoms with Gasteiger partial charge < -0.3 is 5.73 Å². The second-order valence-corrected chi connectivity index (χ2v) is 7.08. The predicted molar refractivity (Wildman–Crippen MR) is 86.5 cm³/mol. The van der Waals surface area contributed by atoms with Crippen molar-refractivity contribution in [2.75, 3.05) is 11.4 Å². The monoisotopic (exact) mass is 304 g/mol. The van der Waals surface area contributed by atoms with Gasteiger partial charge in [0.2, 0.25) is 10.0 Å². The molecule has 0 aliphatic carbocycles. The Hall–Kier alpha value is -1.85. The van der Waals surface area contributed by atoms with Crippen LogP contribution in [-0.4, -0.2) is 15.5 Å². The van der Waals surface area contributed by atoms with Gasteiger partial charge in [-0.2, -0.15) is 0 Å². The topological polar surface area (TPSA) is 63.4 Å². The van der Waals surface area contributed by atoms with Gasteiger partial charge in [-0.1, -0.05) is 42.0 Å². The first-order valence-corrected chi connectivity index (χ1v) is 8.34. The maximum Gasteiger partial charge on any atom is 0.239 e. The van der Waals surface area contributed by atoms with Gasteiger partial charge in [0.15, 0.2) is 0 Å². The summed E-state index contributed by atoms with van der Waals surface area (Å²) in [6.07, 6.45) is 0. The highest BCUT2D eigenvalue weighted by atomic mass is 32.2. The van der Waals surface area contributed by atoms with Gasteiger partial charge in [-0.3, -0.25) is 4.31 Å². The lowest BCUT2D eigenvalue weighted by molar-refractivity contribution is 0.593. The summed E-state index contributed by atoms with van der Waals surface area (Å²) in [7, 11) is -1.84. The Balaban J connectivity index is 2.22. The van der Waals surface area contributed by atoms with Gasteiger partial charge in [0, 0.05) is 13.6 Å². The molecule has 4 nitrogen and oxygen atoms in total. The summed E-state index contributed by atoms with van der Waals surface area (Å²) in [5.74, 6) is -0.0365. The van der Waals surface area contributed by atoms with Crippen molar-refractivity contribution in [1.29, 1.82) is 0 Å². The molecule has 0 atom stereocenters. The van der Waals surface area contributed by atoms with E-state index in [4.69, 9.17) is 5.73 Å². The molecule has 0 amide bonds. The number of sulfonamides is 1. The highest BCUT2D eigenvalue weighted by molar-refractivity contribution is 7.92. The van der Waals surface area contributed by atoms with Gasteiger partial charge >= 0.3 is 0 Å². The third-order valence-corrected chi connectivity index (χ3v) is 5.13. The van der Waals surface area contributed by atoms with Crippen LogP contribution in [0.3, 0.4) is 0 Å². The molecular weight excluding hydrogens is 284 g/mol. The van der Waals surface area contributed by atoms with E-state index < -0.39 is 10.0 Å². The lowest BCUT2D eigenvalue weighted by atomic mass is 10.1. The fraction of sp³-hybridized carbons (Fsp3) is 0.250. The van der Waals surface area contributed by atoms with E-state index in [1.54, 1.807) is 13.1 Å². The highest BCUT2D eigenvalue weighted by Crippen LogP contribution is 2.20. The number of nitrogens with zero attached hydrogens (tertiary/aromatic N) is 1. The van der Waals surface area contributed by atoms with Crippen LogP contribution >= 0.6 is 0 Å². The van der Waals surface area contributed by atoms with Gasteiger partial charge in [0.05, 0.1) is 11.4 Å². The van der Waals surface area contributed by atoms with Crippen LogP contribution in [0.15, 0.2) is 48.5 Å². The molecule has 0 unspecified atom stereocenters. The summed E-state index contributed by atoms with van der Waals surface area (Å²) in [5, 5.41) is 0. The molecule has 2 aromatic rings. The predicted octanol–water partition coefficient (Wildman–Crippen LogP) is 2.42. The zero-order chi connectivity index (χ0) is 15.5. The summed E-state index contributed by atoms with van der Waals surface area (Å²) in [5.41, 5.74) is 9.03. The molecule has 0 fully saturated rings. The van der Waals surface area contributed by atoms with Crippen molar-refractivity contribution in [3.8, 4) is 0 Å². The Morgan fingerprint density at radius 3 is 2.29 bits per heavy atom. The van der Waals surface area contributed by atoms with Crippen LogP contribution in [-0.2, 0) is 22.3 Å². The lowest BCUT2D eigenvalue weighted by Gasteiger charge is -2.20. The Morgan fingerprint density at radius 1 is 1.05 bits per heavy atom. The van der Waals surface area contributed by atoms with Crippen molar-refractivity contribution >= 4 is 15.7 Å². The largest absolute Gasteiger partial charge is 0.326 e. The molecule has 2 rings (SSSR count). The second kappa shape index (κ2) is 6.28. The van der Waals surface area contributed by atoms with Crippen molar-refractivity contribution in [3.05, 3.63) is 65.2 Å². The van der Waals surface area contributed by atoms with Crippen LogP contribution in [0, 0.1) is 6.92 Å². The SMILES string of the molecule is Cc1ccc(N(C)S(=O)(=O)Cc2cccc(CN)c2)cc1. The number of benzene rings is 2. The van der Waals surface area contributed by atoms with Crippen LogP contribution in [0.5, 0.6) is 0 Å². The molecule has 0 bridgehead atoms. The molecule has 0 radical (unpaired) electrons. The molecule has 112 valence electrons. The number of hydrogen-bond donors (Lipinski definition) is 1. The molecule has 0 saturated heterocycles. The first kappa shape index (κ1) is 15.5. The Kier molecular flexibility index (Phi) is 4.65. The number of aryl methyl sites for hydroxylation is 1. The van der Waals surface area contributed by atoms with Crippen molar-refractivity contribution in [3.63, 3.8) is 0 Å². The summed E-state index contributed by atoms with van der Waals surface area (Å²) in [6, 6.07) is 14.8. The van der Waals surface area contributed by atoms with E-state index in [2.05, 4.69) is 0 Å².